The summed E-state index contributed by atoms with van der Waals surface area (Å²) in [6.45, 7) is 1.92. The Morgan fingerprint density at radius 3 is 2.32 bits per heavy atom. The topological polar surface area (TPSA) is 82.2 Å². The Kier molecular flexibility index (Phi) is 5.96. The molecule has 0 atom stereocenters. The first-order chi connectivity index (χ1) is 13.4. The zero-order valence-electron chi connectivity index (χ0n) is 15.8. The van der Waals surface area contributed by atoms with E-state index in [2.05, 4.69) is 25.9 Å². The number of halogens is 1. The molecule has 3 aromatic rings. The van der Waals surface area contributed by atoms with Gasteiger partial charge in [-0.3, -0.25) is 0 Å². The number of anilines is 5. The number of aryl methyl sites for hydroxylation is 1. The van der Waals surface area contributed by atoms with E-state index in [0.717, 1.165) is 17.2 Å². The largest absolute Gasteiger partial charge is 0.363 e. The third kappa shape index (κ3) is 5.11. The van der Waals surface area contributed by atoms with Crippen molar-refractivity contribution in [3.63, 3.8) is 0 Å². The third-order valence-corrected chi connectivity index (χ3v) is 4.15. The molecule has 0 unspecified atom stereocenters. The van der Waals surface area contributed by atoms with Crippen molar-refractivity contribution in [2.24, 2.45) is 0 Å². The van der Waals surface area contributed by atoms with Crippen LogP contribution in [0.5, 0.6) is 0 Å². The molecule has 0 aliphatic heterocycles. The Hall–Kier alpha value is -3.32. The number of carbonyl (C=O) groups excluding carboxylic acids is 1. The summed E-state index contributed by atoms with van der Waals surface area (Å²) in [5.74, 6) is 1.34. The molecule has 3 N–H and O–H groups in total. The molecule has 3 rings (SSSR count). The van der Waals surface area contributed by atoms with Crippen LogP contribution in [-0.4, -0.2) is 30.1 Å². The highest BCUT2D eigenvalue weighted by atomic mass is 35.5. The molecule has 1 aromatic heterocycles. The minimum Gasteiger partial charge on any atom is -0.363 e. The zero-order valence-corrected chi connectivity index (χ0v) is 16.6. The molecule has 0 aliphatic rings. The molecular weight excluding hydrogens is 376 g/mol. The molecular formula is C20H21ClN6O. The fourth-order valence-corrected chi connectivity index (χ4v) is 2.63. The van der Waals surface area contributed by atoms with Crippen LogP contribution >= 0.6 is 11.6 Å². The number of para-hydroxylation sites is 1. The minimum absolute atomic E-state index is 0.369. The van der Waals surface area contributed by atoms with E-state index in [9.17, 15) is 4.79 Å². The lowest BCUT2D eigenvalue weighted by Gasteiger charge is -2.14. The maximum atomic E-state index is 12.1. The number of aromatic nitrogens is 2. The van der Waals surface area contributed by atoms with Gasteiger partial charge in [-0.2, -0.15) is 4.98 Å². The van der Waals surface area contributed by atoms with Gasteiger partial charge in [-0.15, -0.1) is 0 Å². The first kappa shape index (κ1) is 19.4. The lowest BCUT2D eigenvalue weighted by atomic mass is 10.3. The van der Waals surface area contributed by atoms with Crippen LogP contribution < -0.4 is 20.9 Å². The van der Waals surface area contributed by atoms with Crippen LogP contribution in [0.2, 0.25) is 5.02 Å². The van der Waals surface area contributed by atoms with E-state index in [1.54, 1.807) is 36.4 Å². The lowest BCUT2D eigenvalue weighted by molar-refractivity contribution is 0.262. The second-order valence-corrected chi connectivity index (χ2v) is 6.75. The number of benzene rings is 2. The fraction of sp³-hybridized carbons (Fsp3) is 0.150. The Morgan fingerprint density at radius 2 is 1.64 bits per heavy atom. The predicted molar refractivity (Wildman–Crippen MR) is 115 cm³/mol. The summed E-state index contributed by atoms with van der Waals surface area (Å²) < 4.78 is 0. The Morgan fingerprint density at radius 1 is 0.964 bits per heavy atom. The summed E-state index contributed by atoms with van der Waals surface area (Å²) in [6.07, 6.45) is 0. The van der Waals surface area contributed by atoms with Crippen LogP contribution in [0.4, 0.5) is 33.6 Å². The fourth-order valence-electron chi connectivity index (χ4n) is 2.45. The molecule has 0 saturated heterocycles. The van der Waals surface area contributed by atoms with Gasteiger partial charge in [0.1, 0.15) is 5.82 Å². The van der Waals surface area contributed by atoms with Crippen molar-refractivity contribution in [1.82, 2.24) is 9.97 Å². The monoisotopic (exact) mass is 396 g/mol. The number of hydrogen-bond acceptors (Lipinski definition) is 5. The van der Waals surface area contributed by atoms with Crippen LogP contribution in [0.3, 0.4) is 0 Å². The molecule has 0 spiro atoms. The van der Waals surface area contributed by atoms with Gasteiger partial charge in [0, 0.05) is 37.2 Å². The second kappa shape index (κ2) is 8.58. The van der Waals surface area contributed by atoms with E-state index in [4.69, 9.17) is 11.6 Å². The van der Waals surface area contributed by atoms with Crippen molar-refractivity contribution in [3.8, 4) is 0 Å². The SMILES string of the molecule is Cc1cc(N(C)C)nc(Nc2ccc(NC(=O)Nc3ccccc3Cl)cc2)n1. The van der Waals surface area contributed by atoms with E-state index in [1.165, 1.54) is 0 Å². The predicted octanol–water partition coefficient (Wildman–Crippen LogP) is 4.89. The van der Waals surface area contributed by atoms with Crippen LogP contribution in [-0.2, 0) is 0 Å². The van der Waals surface area contributed by atoms with Crippen molar-refractivity contribution < 1.29 is 4.79 Å². The van der Waals surface area contributed by atoms with Crippen LogP contribution in [0, 0.1) is 6.92 Å². The maximum absolute atomic E-state index is 12.1. The quantitative estimate of drug-likeness (QED) is 0.571. The number of urea groups is 1. The number of rotatable bonds is 5. The second-order valence-electron chi connectivity index (χ2n) is 6.35. The van der Waals surface area contributed by atoms with Gasteiger partial charge >= 0.3 is 6.03 Å². The Bertz CT molecular complexity index is 975. The van der Waals surface area contributed by atoms with E-state index in [1.807, 2.05) is 44.1 Å². The van der Waals surface area contributed by atoms with Crippen molar-refractivity contribution in [2.45, 2.75) is 6.92 Å². The highest BCUT2D eigenvalue weighted by Crippen LogP contribution is 2.22. The highest BCUT2D eigenvalue weighted by Gasteiger charge is 2.07. The molecule has 0 fully saturated rings. The van der Waals surface area contributed by atoms with Crippen molar-refractivity contribution in [2.75, 3.05) is 34.9 Å². The van der Waals surface area contributed by atoms with Crippen LogP contribution in [0.15, 0.2) is 54.6 Å². The molecule has 2 aromatic carbocycles. The third-order valence-electron chi connectivity index (χ3n) is 3.82. The summed E-state index contributed by atoms with van der Waals surface area (Å²) in [5, 5.41) is 9.13. The van der Waals surface area contributed by atoms with Crippen molar-refractivity contribution in [3.05, 3.63) is 65.3 Å². The summed E-state index contributed by atoms with van der Waals surface area (Å²) in [7, 11) is 3.86. The first-order valence-electron chi connectivity index (χ1n) is 8.63. The van der Waals surface area contributed by atoms with Gasteiger partial charge < -0.3 is 20.9 Å². The number of hydrogen-bond donors (Lipinski definition) is 3. The normalized spacial score (nSPS) is 10.3. The van der Waals surface area contributed by atoms with E-state index < -0.39 is 0 Å². The van der Waals surface area contributed by atoms with Gasteiger partial charge in [-0.05, 0) is 43.3 Å². The van der Waals surface area contributed by atoms with Gasteiger partial charge in [0.25, 0.3) is 0 Å². The molecule has 0 aliphatic carbocycles. The summed E-state index contributed by atoms with van der Waals surface area (Å²) >= 11 is 6.05. The van der Waals surface area contributed by atoms with Gasteiger partial charge in [0.15, 0.2) is 0 Å². The van der Waals surface area contributed by atoms with E-state index >= 15 is 0 Å². The molecule has 28 heavy (non-hydrogen) atoms. The maximum Gasteiger partial charge on any atom is 0.323 e. The Balaban J connectivity index is 1.64. The van der Waals surface area contributed by atoms with Crippen LogP contribution in [0.25, 0.3) is 0 Å². The van der Waals surface area contributed by atoms with Crippen molar-refractivity contribution in [1.29, 1.82) is 0 Å². The molecule has 7 nitrogen and oxygen atoms in total. The minimum atomic E-state index is -0.369. The number of nitrogens with zero attached hydrogens (tertiary/aromatic N) is 3. The summed E-state index contributed by atoms with van der Waals surface area (Å²) in [6, 6.07) is 15.9. The number of nitrogens with one attached hydrogen (secondary N) is 3. The summed E-state index contributed by atoms with van der Waals surface area (Å²) in [4.78, 5) is 22.9. The molecule has 144 valence electrons. The molecule has 8 heteroatoms. The average Bonchev–Trinajstić information content (AvgIpc) is 2.65. The lowest BCUT2D eigenvalue weighted by Crippen LogP contribution is -2.19. The molecule has 0 bridgehead atoms. The summed E-state index contributed by atoms with van der Waals surface area (Å²) in [5.41, 5.74) is 2.88. The highest BCUT2D eigenvalue weighted by molar-refractivity contribution is 6.33. The number of carbonyl (C=O) groups is 1. The van der Waals surface area contributed by atoms with Gasteiger partial charge in [-0.25, -0.2) is 9.78 Å². The standard InChI is InChI=1S/C20H21ClN6O/c1-13-12-18(27(2)3)26-19(22-13)23-14-8-10-15(11-9-14)24-20(28)25-17-7-5-4-6-16(17)21/h4-12H,1-3H3,(H,22,23,26)(H2,24,25,28). The average molecular weight is 397 g/mol. The smallest absolute Gasteiger partial charge is 0.323 e. The first-order valence-corrected chi connectivity index (χ1v) is 9.01. The van der Waals surface area contributed by atoms with Gasteiger partial charge in [0.2, 0.25) is 5.95 Å². The van der Waals surface area contributed by atoms with Gasteiger partial charge in [-0.1, -0.05) is 23.7 Å². The van der Waals surface area contributed by atoms with Crippen molar-refractivity contribution >= 4 is 46.5 Å². The molecule has 0 saturated carbocycles. The van der Waals surface area contributed by atoms with Crippen LogP contribution in [0.1, 0.15) is 5.69 Å². The molecule has 0 radical (unpaired) electrons. The number of amides is 2. The Labute approximate surface area is 168 Å². The molecule has 1 heterocycles. The van der Waals surface area contributed by atoms with E-state index in [-0.39, 0.29) is 6.03 Å². The van der Waals surface area contributed by atoms with Gasteiger partial charge in [0.05, 0.1) is 10.7 Å². The van der Waals surface area contributed by atoms with E-state index in [0.29, 0.717) is 22.3 Å². The molecule has 2 amide bonds. The zero-order chi connectivity index (χ0) is 20.1.